The smallest absolute Gasteiger partial charge is 0.0653 e. The largest absolute Gasteiger partial charge is 0.296 e. The lowest BCUT2D eigenvalue weighted by atomic mass is 9.87. The molecule has 1 fully saturated rings. The summed E-state index contributed by atoms with van der Waals surface area (Å²) in [6.07, 6.45) is 2.48. The first-order chi connectivity index (χ1) is 8.96. The van der Waals surface area contributed by atoms with Crippen LogP contribution in [-0.2, 0) is 0 Å². The summed E-state index contributed by atoms with van der Waals surface area (Å²) in [7, 11) is 0. The lowest BCUT2D eigenvalue weighted by Crippen LogP contribution is -2.53. The van der Waals surface area contributed by atoms with E-state index in [4.69, 9.17) is 29.0 Å². The molecule has 106 valence electrons. The second kappa shape index (κ2) is 5.98. The molecular weight excluding hydrogens is 281 g/mol. The number of hydrogen-bond acceptors (Lipinski definition) is 3. The van der Waals surface area contributed by atoms with Crippen LogP contribution in [0.1, 0.15) is 38.3 Å². The van der Waals surface area contributed by atoms with Crippen LogP contribution in [0.3, 0.4) is 0 Å². The van der Waals surface area contributed by atoms with Gasteiger partial charge in [0.2, 0.25) is 0 Å². The molecule has 0 radical (unpaired) electrons. The minimum Gasteiger partial charge on any atom is -0.296 e. The molecule has 3 nitrogen and oxygen atoms in total. The Kier molecular flexibility index (Phi) is 4.75. The summed E-state index contributed by atoms with van der Waals surface area (Å²) >= 11 is 12.4. The molecule has 1 aliphatic rings. The van der Waals surface area contributed by atoms with Crippen molar-refractivity contribution in [3.05, 3.63) is 33.8 Å². The summed E-state index contributed by atoms with van der Waals surface area (Å²) in [5, 5.41) is 1.37. The third-order valence-electron chi connectivity index (χ3n) is 4.06. The lowest BCUT2D eigenvalue weighted by molar-refractivity contribution is 0.107. The summed E-state index contributed by atoms with van der Waals surface area (Å²) in [5.41, 5.74) is 3.76. The molecule has 1 saturated heterocycles. The first kappa shape index (κ1) is 15.1. The van der Waals surface area contributed by atoms with Gasteiger partial charge in [-0.05, 0) is 63.5 Å². The minimum atomic E-state index is -0.112. The van der Waals surface area contributed by atoms with Crippen LogP contribution in [0.25, 0.3) is 0 Å². The predicted octanol–water partition coefficient (Wildman–Crippen LogP) is 3.37. The van der Waals surface area contributed by atoms with Crippen molar-refractivity contribution in [1.29, 1.82) is 0 Å². The van der Waals surface area contributed by atoms with Gasteiger partial charge in [0.25, 0.3) is 0 Å². The average molecular weight is 302 g/mol. The molecule has 0 saturated carbocycles. The predicted molar refractivity (Wildman–Crippen MR) is 81.4 cm³/mol. The van der Waals surface area contributed by atoms with E-state index in [1.54, 1.807) is 6.07 Å². The fourth-order valence-corrected chi connectivity index (χ4v) is 3.29. The summed E-state index contributed by atoms with van der Waals surface area (Å²) in [6.45, 7) is 6.59. The van der Waals surface area contributed by atoms with Crippen LogP contribution in [0.4, 0.5) is 0 Å². The molecule has 3 N–H and O–H groups in total. The second-order valence-corrected chi connectivity index (χ2v) is 6.46. The van der Waals surface area contributed by atoms with Crippen LogP contribution >= 0.6 is 23.2 Å². The molecule has 1 aliphatic heterocycles. The number of nitrogens with zero attached hydrogens (tertiary/aromatic N) is 1. The van der Waals surface area contributed by atoms with E-state index in [0.717, 1.165) is 18.7 Å². The van der Waals surface area contributed by atoms with E-state index in [9.17, 15) is 0 Å². The van der Waals surface area contributed by atoms with Crippen LogP contribution in [-0.4, -0.2) is 23.5 Å². The van der Waals surface area contributed by atoms with Crippen LogP contribution in [0, 0.1) is 0 Å². The van der Waals surface area contributed by atoms with Crippen LogP contribution in [0.2, 0.25) is 10.0 Å². The van der Waals surface area contributed by atoms with Gasteiger partial charge in [-0.2, -0.15) is 0 Å². The van der Waals surface area contributed by atoms with E-state index in [1.165, 1.54) is 12.8 Å². The highest BCUT2D eigenvalue weighted by Crippen LogP contribution is 2.37. The summed E-state index contributed by atoms with van der Waals surface area (Å²) in [6, 6.07) is 5.46. The molecule has 0 aromatic heterocycles. The Balaban J connectivity index is 2.35. The Morgan fingerprint density at radius 2 is 1.89 bits per heavy atom. The molecule has 0 aliphatic carbocycles. The van der Waals surface area contributed by atoms with E-state index in [-0.39, 0.29) is 11.6 Å². The van der Waals surface area contributed by atoms with E-state index >= 15 is 0 Å². The summed E-state index contributed by atoms with van der Waals surface area (Å²) < 4.78 is 0. The van der Waals surface area contributed by atoms with E-state index in [0.29, 0.717) is 10.0 Å². The molecule has 2 rings (SSSR count). The van der Waals surface area contributed by atoms with Gasteiger partial charge < -0.3 is 0 Å². The normalized spacial score (nSPS) is 18.8. The molecule has 19 heavy (non-hydrogen) atoms. The lowest BCUT2D eigenvalue weighted by Gasteiger charge is -2.42. The van der Waals surface area contributed by atoms with Gasteiger partial charge in [0.05, 0.1) is 6.04 Å². The molecular formula is C14H21Cl2N3. The maximum Gasteiger partial charge on any atom is 0.0653 e. The number of rotatable bonds is 4. The highest BCUT2D eigenvalue weighted by molar-refractivity contribution is 6.33. The fourth-order valence-electron chi connectivity index (χ4n) is 2.89. The van der Waals surface area contributed by atoms with Crippen LogP contribution in [0.15, 0.2) is 18.2 Å². The Hall–Kier alpha value is -0.320. The van der Waals surface area contributed by atoms with Gasteiger partial charge in [-0.3, -0.25) is 16.2 Å². The van der Waals surface area contributed by atoms with Crippen molar-refractivity contribution >= 4 is 23.2 Å². The van der Waals surface area contributed by atoms with Gasteiger partial charge in [0, 0.05) is 15.6 Å². The van der Waals surface area contributed by atoms with Gasteiger partial charge >= 0.3 is 0 Å². The zero-order chi connectivity index (χ0) is 14.0. The third-order valence-corrected chi connectivity index (χ3v) is 4.64. The van der Waals surface area contributed by atoms with Crippen molar-refractivity contribution in [2.45, 2.75) is 38.3 Å². The maximum absolute atomic E-state index is 6.31. The van der Waals surface area contributed by atoms with Crippen molar-refractivity contribution < 1.29 is 0 Å². The zero-order valence-electron chi connectivity index (χ0n) is 11.4. The average Bonchev–Trinajstić information content (AvgIpc) is 2.88. The summed E-state index contributed by atoms with van der Waals surface area (Å²) in [5.74, 6) is 5.80. The SMILES string of the molecule is CC(C)(C(NN)c1cc(Cl)ccc1Cl)N1CCCC1. The quantitative estimate of drug-likeness (QED) is 0.662. The first-order valence-electron chi connectivity index (χ1n) is 6.63. The molecule has 5 heteroatoms. The number of likely N-dealkylation sites (tertiary alicyclic amines) is 1. The molecule has 1 unspecified atom stereocenters. The summed E-state index contributed by atoms with van der Waals surface area (Å²) in [4.78, 5) is 2.45. The second-order valence-electron chi connectivity index (χ2n) is 5.61. The van der Waals surface area contributed by atoms with Crippen molar-refractivity contribution in [3.8, 4) is 0 Å². The van der Waals surface area contributed by atoms with Gasteiger partial charge in [-0.25, -0.2) is 0 Å². The van der Waals surface area contributed by atoms with E-state index < -0.39 is 0 Å². The number of benzene rings is 1. The van der Waals surface area contributed by atoms with Gasteiger partial charge in [0.1, 0.15) is 0 Å². The topological polar surface area (TPSA) is 41.3 Å². The van der Waals surface area contributed by atoms with Crippen molar-refractivity contribution in [3.63, 3.8) is 0 Å². The molecule has 0 bridgehead atoms. The van der Waals surface area contributed by atoms with Gasteiger partial charge in [-0.1, -0.05) is 23.2 Å². The molecule has 1 aromatic carbocycles. The van der Waals surface area contributed by atoms with Crippen molar-refractivity contribution in [2.24, 2.45) is 5.84 Å². The molecule has 1 atom stereocenters. The molecule has 1 heterocycles. The Morgan fingerprint density at radius 1 is 1.26 bits per heavy atom. The number of halogens is 2. The Bertz CT molecular complexity index is 442. The highest BCUT2D eigenvalue weighted by Gasteiger charge is 2.38. The highest BCUT2D eigenvalue weighted by atomic mass is 35.5. The van der Waals surface area contributed by atoms with Crippen molar-refractivity contribution in [1.82, 2.24) is 10.3 Å². The Labute approximate surface area is 125 Å². The van der Waals surface area contributed by atoms with Gasteiger partial charge in [0.15, 0.2) is 0 Å². The van der Waals surface area contributed by atoms with E-state index in [1.807, 2.05) is 12.1 Å². The number of nitrogens with two attached hydrogens (primary N) is 1. The number of hydrazine groups is 1. The fraction of sp³-hybridized carbons (Fsp3) is 0.571. The standard InChI is InChI=1S/C14H21Cl2N3/c1-14(2,19-7-3-4-8-19)13(18-17)11-9-10(15)5-6-12(11)16/h5-6,9,13,18H,3-4,7-8,17H2,1-2H3. The first-order valence-corrected chi connectivity index (χ1v) is 7.38. The van der Waals surface area contributed by atoms with Crippen LogP contribution < -0.4 is 11.3 Å². The third kappa shape index (κ3) is 3.06. The minimum absolute atomic E-state index is 0.0585. The van der Waals surface area contributed by atoms with Gasteiger partial charge in [-0.15, -0.1) is 0 Å². The molecule has 0 spiro atoms. The zero-order valence-corrected chi connectivity index (χ0v) is 12.9. The molecule has 1 aromatic rings. The maximum atomic E-state index is 6.31. The Morgan fingerprint density at radius 3 is 2.47 bits per heavy atom. The number of hydrogen-bond donors (Lipinski definition) is 2. The van der Waals surface area contributed by atoms with Crippen LogP contribution in [0.5, 0.6) is 0 Å². The van der Waals surface area contributed by atoms with E-state index in [2.05, 4.69) is 24.2 Å². The number of nitrogens with one attached hydrogen (secondary N) is 1. The molecule has 0 amide bonds. The monoisotopic (exact) mass is 301 g/mol. The van der Waals surface area contributed by atoms with Crippen molar-refractivity contribution in [2.75, 3.05) is 13.1 Å².